The van der Waals surface area contributed by atoms with Crippen molar-refractivity contribution in [2.75, 3.05) is 0 Å². The molecule has 0 aliphatic carbocycles. The van der Waals surface area contributed by atoms with Gasteiger partial charge in [-0.1, -0.05) is 12.1 Å². The zero-order valence-electron chi connectivity index (χ0n) is 11.8. The molecular formula is C18H10F2N2S. The highest BCUT2D eigenvalue weighted by Crippen LogP contribution is 2.33. The second kappa shape index (κ2) is 5.52. The number of hydrogen-bond donors (Lipinski definition) is 0. The molecule has 2 aromatic carbocycles. The van der Waals surface area contributed by atoms with Crippen LogP contribution in [0.5, 0.6) is 0 Å². The van der Waals surface area contributed by atoms with Crippen LogP contribution in [0.4, 0.5) is 8.78 Å². The number of rotatable bonds is 2. The predicted octanol–water partition coefficient (Wildman–Crippen LogP) is 5.30. The van der Waals surface area contributed by atoms with Crippen LogP contribution in [0.15, 0.2) is 60.2 Å². The Morgan fingerprint density at radius 2 is 1.70 bits per heavy atom. The van der Waals surface area contributed by atoms with Crippen LogP contribution in [0.3, 0.4) is 0 Å². The number of thiazole rings is 1. The lowest BCUT2D eigenvalue weighted by Gasteiger charge is -2.09. The Kier molecular flexibility index (Phi) is 3.35. The minimum absolute atomic E-state index is 0.545. The summed E-state index contributed by atoms with van der Waals surface area (Å²) < 4.78 is 27.8. The zero-order chi connectivity index (χ0) is 15.8. The molecule has 0 atom stereocenters. The summed E-state index contributed by atoms with van der Waals surface area (Å²) in [4.78, 5) is 8.63. The standard InChI is InChI=1S/C18H10F2N2S/c19-14-5-3-12(8-15(14)20)18-13(2-1-7-21-18)11-4-6-16-17(9-11)23-10-22-16/h1-10H. The van der Waals surface area contributed by atoms with Gasteiger partial charge in [-0.05, 0) is 42.0 Å². The summed E-state index contributed by atoms with van der Waals surface area (Å²) in [5, 5.41) is 0. The van der Waals surface area contributed by atoms with E-state index in [1.54, 1.807) is 23.0 Å². The Morgan fingerprint density at radius 1 is 0.826 bits per heavy atom. The largest absolute Gasteiger partial charge is 0.256 e. The van der Waals surface area contributed by atoms with Gasteiger partial charge in [0.15, 0.2) is 11.6 Å². The van der Waals surface area contributed by atoms with Crippen molar-refractivity contribution in [1.29, 1.82) is 0 Å². The first kappa shape index (κ1) is 14.0. The Hall–Kier alpha value is -2.66. The van der Waals surface area contributed by atoms with Gasteiger partial charge >= 0.3 is 0 Å². The summed E-state index contributed by atoms with van der Waals surface area (Å²) >= 11 is 1.56. The molecule has 0 spiro atoms. The third kappa shape index (κ3) is 2.49. The number of fused-ring (bicyclic) bond motifs is 1. The maximum atomic E-state index is 13.6. The maximum absolute atomic E-state index is 13.6. The fourth-order valence-electron chi connectivity index (χ4n) is 2.53. The highest BCUT2D eigenvalue weighted by Gasteiger charge is 2.12. The highest BCUT2D eigenvalue weighted by molar-refractivity contribution is 7.16. The van der Waals surface area contributed by atoms with Crippen LogP contribution in [-0.4, -0.2) is 9.97 Å². The van der Waals surface area contributed by atoms with Crippen molar-refractivity contribution in [2.24, 2.45) is 0 Å². The van der Waals surface area contributed by atoms with Crippen LogP contribution in [0.25, 0.3) is 32.6 Å². The van der Waals surface area contributed by atoms with E-state index in [0.29, 0.717) is 11.3 Å². The van der Waals surface area contributed by atoms with E-state index >= 15 is 0 Å². The van der Waals surface area contributed by atoms with Crippen molar-refractivity contribution in [3.05, 3.63) is 71.9 Å². The molecule has 4 rings (SSSR count). The molecule has 0 unspecified atom stereocenters. The molecule has 0 amide bonds. The second-order valence-corrected chi connectivity index (χ2v) is 5.95. The number of nitrogens with zero attached hydrogens (tertiary/aromatic N) is 2. The van der Waals surface area contributed by atoms with Crippen molar-refractivity contribution < 1.29 is 8.78 Å². The Balaban J connectivity index is 1.90. The van der Waals surface area contributed by atoms with E-state index in [1.807, 2.05) is 30.3 Å². The van der Waals surface area contributed by atoms with E-state index in [-0.39, 0.29) is 0 Å². The Morgan fingerprint density at radius 3 is 2.57 bits per heavy atom. The maximum Gasteiger partial charge on any atom is 0.159 e. The molecule has 112 valence electrons. The first-order valence-corrected chi connectivity index (χ1v) is 7.84. The van der Waals surface area contributed by atoms with Crippen LogP contribution in [0.1, 0.15) is 0 Å². The van der Waals surface area contributed by atoms with Crippen LogP contribution < -0.4 is 0 Å². The topological polar surface area (TPSA) is 25.8 Å². The zero-order valence-corrected chi connectivity index (χ0v) is 12.6. The normalized spacial score (nSPS) is 11.0. The first-order chi connectivity index (χ1) is 11.2. The molecule has 0 radical (unpaired) electrons. The van der Waals surface area contributed by atoms with E-state index < -0.39 is 11.6 Å². The van der Waals surface area contributed by atoms with Gasteiger partial charge in [0.1, 0.15) is 0 Å². The third-order valence-corrected chi connectivity index (χ3v) is 4.43. The number of benzene rings is 2. The lowest BCUT2D eigenvalue weighted by Crippen LogP contribution is -1.91. The molecule has 5 heteroatoms. The second-order valence-electron chi connectivity index (χ2n) is 5.06. The van der Waals surface area contributed by atoms with Gasteiger partial charge < -0.3 is 0 Å². The summed E-state index contributed by atoms with van der Waals surface area (Å²) in [6.07, 6.45) is 1.64. The molecule has 0 N–H and O–H groups in total. The van der Waals surface area contributed by atoms with E-state index in [4.69, 9.17) is 0 Å². The Bertz CT molecular complexity index is 1010. The van der Waals surface area contributed by atoms with Crippen molar-refractivity contribution >= 4 is 21.6 Å². The lowest BCUT2D eigenvalue weighted by atomic mass is 9.99. The summed E-state index contributed by atoms with van der Waals surface area (Å²) in [5.41, 5.74) is 5.74. The van der Waals surface area contributed by atoms with E-state index in [2.05, 4.69) is 9.97 Å². The molecule has 2 nitrogen and oxygen atoms in total. The monoisotopic (exact) mass is 324 g/mol. The van der Waals surface area contributed by atoms with Crippen molar-refractivity contribution in [3.8, 4) is 22.4 Å². The van der Waals surface area contributed by atoms with E-state index in [0.717, 1.165) is 27.4 Å². The molecule has 2 heterocycles. The lowest BCUT2D eigenvalue weighted by molar-refractivity contribution is 0.509. The molecule has 23 heavy (non-hydrogen) atoms. The minimum atomic E-state index is -0.878. The SMILES string of the molecule is Fc1ccc(-c2ncccc2-c2ccc3ncsc3c2)cc1F. The van der Waals surface area contributed by atoms with Gasteiger partial charge in [0.2, 0.25) is 0 Å². The van der Waals surface area contributed by atoms with Crippen LogP contribution >= 0.6 is 11.3 Å². The summed E-state index contributed by atoms with van der Waals surface area (Å²) in [6, 6.07) is 13.5. The van der Waals surface area contributed by atoms with Crippen LogP contribution in [-0.2, 0) is 0 Å². The molecule has 0 bridgehead atoms. The summed E-state index contributed by atoms with van der Waals surface area (Å²) in [6.45, 7) is 0. The van der Waals surface area contributed by atoms with Crippen molar-refractivity contribution in [3.63, 3.8) is 0 Å². The van der Waals surface area contributed by atoms with E-state index in [1.165, 1.54) is 12.1 Å². The molecule has 0 saturated heterocycles. The fraction of sp³-hybridized carbons (Fsp3) is 0. The molecular weight excluding hydrogens is 314 g/mol. The Labute approximate surface area is 135 Å². The molecule has 4 aromatic rings. The molecule has 0 fully saturated rings. The first-order valence-electron chi connectivity index (χ1n) is 6.96. The predicted molar refractivity (Wildman–Crippen MR) is 88.2 cm³/mol. The third-order valence-electron chi connectivity index (χ3n) is 3.64. The average molecular weight is 324 g/mol. The van der Waals surface area contributed by atoms with Gasteiger partial charge in [-0.2, -0.15) is 0 Å². The average Bonchev–Trinajstić information content (AvgIpc) is 3.05. The van der Waals surface area contributed by atoms with Gasteiger partial charge in [0.25, 0.3) is 0 Å². The van der Waals surface area contributed by atoms with Gasteiger partial charge in [-0.25, -0.2) is 13.8 Å². The number of halogens is 2. The summed E-state index contributed by atoms with van der Waals surface area (Å²) in [5.74, 6) is -1.74. The summed E-state index contributed by atoms with van der Waals surface area (Å²) in [7, 11) is 0. The number of pyridine rings is 1. The van der Waals surface area contributed by atoms with Crippen LogP contribution in [0.2, 0.25) is 0 Å². The molecule has 0 aliphatic rings. The van der Waals surface area contributed by atoms with Crippen LogP contribution in [0, 0.1) is 11.6 Å². The molecule has 0 saturated carbocycles. The highest BCUT2D eigenvalue weighted by atomic mass is 32.1. The smallest absolute Gasteiger partial charge is 0.159 e. The minimum Gasteiger partial charge on any atom is -0.256 e. The van der Waals surface area contributed by atoms with Crippen molar-refractivity contribution in [2.45, 2.75) is 0 Å². The van der Waals surface area contributed by atoms with E-state index in [9.17, 15) is 8.78 Å². The number of aromatic nitrogens is 2. The quantitative estimate of drug-likeness (QED) is 0.500. The number of hydrogen-bond acceptors (Lipinski definition) is 3. The van der Waals surface area contributed by atoms with Gasteiger partial charge in [0.05, 0.1) is 21.4 Å². The van der Waals surface area contributed by atoms with Gasteiger partial charge in [0, 0.05) is 17.3 Å². The van der Waals surface area contributed by atoms with Gasteiger partial charge in [-0.15, -0.1) is 11.3 Å². The molecule has 2 aromatic heterocycles. The van der Waals surface area contributed by atoms with Crippen molar-refractivity contribution in [1.82, 2.24) is 9.97 Å². The van der Waals surface area contributed by atoms with Gasteiger partial charge in [-0.3, -0.25) is 4.98 Å². The molecule has 0 aliphatic heterocycles. The fourth-order valence-corrected chi connectivity index (χ4v) is 3.25.